The fourth-order valence-electron chi connectivity index (χ4n) is 4.09. The summed E-state index contributed by atoms with van der Waals surface area (Å²) in [4.78, 5) is 10.4. The largest absolute Gasteiger partial charge is 0.397 e. The monoisotopic (exact) mass is 421 g/mol. The van der Waals surface area contributed by atoms with Crippen molar-refractivity contribution in [1.82, 2.24) is 20.2 Å². The third-order valence-corrected chi connectivity index (χ3v) is 6.61. The molecule has 0 aliphatic rings. The van der Waals surface area contributed by atoms with Gasteiger partial charge >= 0.3 is 0 Å². The molecule has 0 bridgehead atoms. The van der Waals surface area contributed by atoms with E-state index in [4.69, 9.17) is 5.73 Å². The van der Waals surface area contributed by atoms with E-state index < -0.39 is 0 Å². The van der Waals surface area contributed by atoms with E-state index in [-0.39, 0.29) is 0 Å². The van der Waals surface area contributed by atoms with E-state index in [0.29, 0.717) is 5.69 Å². The molecule has 6 aromatic rings. The molecule has 0 unspecified atom stereocenters. The summed E-state index contributed by atoms with van der Waals surface area (Å²) < 4.78 is 0. The average molecular weight is 422 g/mol. The van der Waals surface area contributed by atoms with E-state index in [1.165, 1.54) is 20.7 Å². The Bertz CT molecular complexity index is 1570. The molecule has 0 saturated heterocycles. The van der Waals surface area contributed by atoms with Gasteiger partial charge in [-0.2, -0.15) is 5.10 Å². The van der Waals surface area contributed by atoms with Crippen molar-refractivity contribution in [3.8, 4) is 33.0 Å². The topological polar surface area (TPSA) is 83.4 Å². The number of benzene rings is 2. The molecule has 4 aromatic heterocycles. The second-order valence-corrected chi connectivity index (χ2v) is 8.99. The van der Waals surface area contributed by atoms with Gasteiger partial charge in [-0.25, -0.2) is 0 Å². The van der Waals surface area contributed by atoms with Crippen molar-refractivity contribution in [3.05, 3.63) is 77.9 Å². The molecule has 6 rings (SSSR count). The predicted molar refractivity (Wildman–Crippen MR) is 129 cm³/mol. The third-order valence-electron chi connectivity index (χ3n) is 5.58. The molecular formula is C25H19N5S. The zero-order valence-electron chi connectivity index (χ0n) is 16.8. The van der Waals surface area contributed by atoms with Gasteiger partial charge in [0, 0.05) is 49.6 Å². The van der Waals surface area contributed by atoms with Gasteiger partial charge in [-0.15, -0.1) is 11.3 Å². The fourth-order valence-corrected chi connectivity index (χ4v) is 5.00. The lowest BCUT2D eigenvalue weighted by Gasteiger charge is -2.03. The number of fused-ring (bicyclic) bond motifs is 2. The number of nitrogens with two attached hydrogens (primary N) is 1. The highest BCUT2D eigenvalue weighted by molar-refractivity contribution is 7.15. The number of pyridine rings is 1. The molecule has 6 heteroatoms. The highest BCUT2D eigenvalue weighted by atomic mass is 32.1. The maximum absolute atomic E-state index is 5.93. The van der Waals surface area contributed by atoms with Crippen molar-refractivity contribution in [2.24, 2.45) is 0 Å². The summed E-state index contributed by atoms with van der Waals surface area (Å²) in [5, 5.41) is 10.0. The van der Waals surface area contributed by atoms with Crippen molar-refractivity contribution in [3.63, 3.8) is 0 Å². The van der Waals surface area contributed by atoms with Crippen LogP contribution in [0.3, 0.4) is 0 Å². The van der Waals surface area contributed by atoms with Crippen molar-refractivity contribution in [2.45, 2.75) is 6.92 Å². The molecule has 150 valence electrons. The fraction of sp³-hybridized carbons (Fsp3) is 0.0400. The van der Waals surface area contributed by atoms with Crippen LogP contribution in [0.2, 0.25) is 0 Å². The first kappa shape index (κ1) is 17.9. The Morgan fingerprint density at radius 1 is 0.871 bits per heavy atom. The Balaban J connectivity index is 1.51. The molecule has 0 aliphatic heterocycles. The van der Waals surface area contributed by atoms with Gasteiger partial charge in [0.05, 0.1) is 16.9 Å². The molecule has 0 atom stereocenters. The Labute approximate surface area is 182 Å². The molecule has 0 fully saturated rings. The summed E-state index contributed by atoms with van der Waals surface area (Å²) in [5.74, 6) is 0. The number of rotatable bonds is 3. The van der Waals surface area contributed by atoms with Gasteiger partial charge in [0.2, 0.25) is 0 Å². The van der Waals surface area contributed by atoms with Crippen LogP contribution in [0.5, 0.6) is 0 Å². The molecule has 0 aliphatic carbocycles. The number of nitrogens with one attached hydrogen (secondary N) is 2. The minimum atomic E-state index is 0.650. The van der Waals surface area contributed by atoms with Crippen LogP contribution in [0, 0.1) is 6.92 Å². The third kappa shape index (κ3) is 3.00. The van der Waals surface area contributed by atoms with Crippen LogP contribution < -0.4 is 5.73 Å². The van der Waals surface area contributed by atoms with Crippen LogP contribution in [0.25, 0.3) is 54.8 Å². The molecule has 31 heavy (non-hydrogen) atoms. The number of nitrogens with zero attached hydrogens (tertiary/aromatic N) is 2. The number of H-pyrrole nitrogens is 2. The van der Waals surface area contributed by atoms with Gasteiger partial charge in [-0.05, 0) is 55.0 Å². The molecule has 4 heterocycles. The predicted octanol–water partition coefficient (Wildman–Crippen LogP) is 6.39. The summed E-state index contributed by atoms with van der Waals surface area (Å²) >= 11 is 1.81. The first-order valence-electron chi connectivity index (χ1n) is 10.0. The molecule has 0 spiro atoms. The summed E-state index contributed by atoms with van der Waals surface area (Å²) in [6.07, 6.45) is 3.48. The SMILES string of the molecule is Cc1ccc(-c2cccc3[nH]c(-c4n[nH]c5ccc(-c6cncc(N)c6)cc45)cc23)s1. The standard InChI is InChI=1S/C25H19N5S/c1-14-5-8-24(31-14)18-3-2-4-21-19(18)11-23(28-21)25-20-10-15(6-7-22(20)29-30-25)16-9-17(26)13-27-12-16/h2-13,28H,26H2,1H3,(H,29,30). The van der Waals surface area contributed by atoms with Gasteiger partial charge in [0.15, 0.2) is 0 Å². The van der Waals surface area contributed by atoms with Gasteiger partial charge in [0.1, 0.15) is 5.69 Å². The molecule has 0 amide bonds. The number of nitrogen functional groups attached to an aromatic ring is 1. The number of thiophene rings is 1. The lowest BCUT2D eigenvalue weighted by atomic mass is 10.0. The van der Waals surface area contributed by atoms with Gasteiger partial charge in [0.25, 0.3) is 0 Å². The van der Waals surface area contributed by atoms with Crippen LogP contribution in [0.15, 0.2) is 73.1 Å². The summed E-state index contributed by atoms with van der Waals surface area (Å²) in [5.41, 5.74) is 13.8. The van der Waals surface area contributed by atoms with Crippen LogP contribution in [0.1, 0.15) is 4.88 Å². The summed E-state index contributed by atoms with van der Waals surface area (Å²) in [7, 11) is 0. The maximum Gasteiger partial charge on any atom is 0.116 e. The molecule has 4 N–H and O–H groups in total. The molecule has 2 aromatic carbocycles. The van der Waals surface area contributed by atoms with E-state index >= 15 is 0 Å². The Morgan fingerprint density at radius 2 is 1.81 bits per heavy atom. The molecule has 0 saturated carbocycles. The number of anilines is 1. The Morgan fingerprint density at radius 3 is 2.65 bits per heavy atom. The summed E-state index contributed by atoms with van der Waals surface area (Å²) in [6.45, 7) is 2.14. The normalized spacial score (nSPS) is 11.5. The number of hydrogen-bond donors (Lipinski definition) is 3. The molecule has 0 radical (unpaired) electrons. The minimum Gasteiger partial charge on any atom is -0.397 e. The minimum absolute atomic E-state index is 0.650. The number of aromatic amines is 2. The number of aromatic nitrogens is 4. The highest BCUT2D eigenvalue weighted by Crippen LogP contribution is 2.37. The lowest BCUT2D eigenvalue weighted by Crippen LogP contribution is -1.87. The lowest BCUT2D eigenvalue weighted by molar-refractivity contribution is 1.12. The van der Waals surface area contributed by atoms with Crippen molar-refractivity contribution in [1.29, 1.82) is 0 Å². The molecule has 5 nitrogen and oxygen atoms in total. The number of hydrogen-bond acceptors (Lipinski definition) is 4. The zero-order chi connectivity index (χ0) is 20.9. The van der Waals surface area contributed by atoms with Gasteiger partial charge < -0.3 is 10.7 Å². The second kappa shape index (κ2) is 6.82. The Hall–Kier alpha value is -3.90. The van der Waals surface area contributed by atoms with E-state index in [1.54, 1.807) is 6.20 Å². The van der Waals surface area contributed by atoms with Crippen LogP contribution >= 0.6 is 11.3 Å². The van der Waals surface area contributed by atoms with Gasteiger partial charge in [-0.3, -0.25) is 10.1 Å². The smallest absolute Gasteiger partial charge is 0.116 e. The van der Waals surface area contributed by atoms with E-state index in [0.717, 1.165) is 38.9 Å². The van der Waals surface area contributed by atoms with E-state index in [9.17, 15) is 0 Å². The Kier molecular flexibility index (Phi) is 3.94. The van der Waals surface area contributed by atoms with Crippen molar-refractivity contribution in [2.75, 3.05) is 5.73 Å². The van der Waals surface area contributed by atoms with E-state index in [2.05, 4.69) is 75.6 Å². The van der Waals surface area contributed by atoms with Crippen LogP contribution in [-0.4, -0.2) is 20.2 Å². The first-order valence-corrected chi connectivity index (χ1v) is 10.9. The van der Waals surface area contributed by atoms with Crippen molar-refractivity contribution < 1.29 is 0 Å². The molecular weight excluding hydrogens is 402 g/mol. The summed E-state index contributed by atoms with van der Waals surface area (Å²) in [6, 6.07) is 21.1. The quantitative estimate of drug-likeness (QED) is 0.309. The zero-order valence-corrected chi connectivity index (χ0v) is 17.6. The van der Waals surface area contributed by atoms with Crippen LogP contribution in [-0.2, 0) is 0 Å². The second-order valence-electron chi connectivity index (χ2n) is 7.70. The van der Waals surface area contributed by atoms with Crippen LogP contribution in [0.4, 0.5) is 5.69 Å². The average Bonchev–Trinajstić information content (AvgIpc) is 3.50. The van der Waals surface area contributed by atoms with Crippen molar-refractivity contribution >= 4 is 38.8 Å². The number of aryl methyl sites for hydroxylation is 1. The van der Waals surface area contributed by atoms with Gasteiger partial charge in [-0.1, -0.05) is 18.2 Å². The highest BCUT2D eigenvalue weighted by Gasteiger charge is 2.15. The van der Waals surface area contributed by atoms with E-state index in [1.807, 2.05) is 29.7 Å². The first-order chi connectivity index (χ1) is 15.2. The maximum atomic E-state index is 5.93.